The number of rotatable bonds is 3. The number of nitrogens with one attached hydrogen (secondary N) is 2. The van der Waals surface area contributed by atoms with Crippen molar-refractivity contribution in [3.05, 3.63) is 38.6 Å². The molecule has 0 unspecified atom stereocenters. The average Bonchev–Trinajstić information content (AvgIpc) is 2.84. The van der Waals surface area contributed by atoms with E-state index >= 15 is 0 Å². The predicted molar refractivity (Wildman–Crippen MR) is 62.9 cm³/mol. The van der Waals surface area contributed by atoms with Crippen molar-refractivity contribution in [3.63, 3.8) is 0 Å². The van der Waals surface area contributed by atoms with Crippen LogP contribution in [0.25, 0.3) is 0 Å². The van der Waals surface area contributed by atoms with Crippen LogP contribution in [0.5, 0.6) is 0 Å². The lowest BCUT2D eigenvalue weighted by Crippen LogP contribution is -2.14. The van der Waals surface area contributed by atoms with Gasteiger partial charge in [0.1, 0.15) is 5.69 Å². The Morgan fingerprint density at radius 1 is 1.50 bits per heavy atom. The quantitative estimate of drug-likeness (QED) is 0.646. The molecule has 0 saturated heterocycles. The third-order valence-electron chi connectivity index (χ3n) is 1.95. The fraction of sp³-hybridized carbons (Fsp3) is 0. The van der Waals surface area contributed by atoms with E-state index in [2.05, 4.69) is 41.9 Å². The van der Waals surface area contributed by atoms with Crippen LogP contribution in [0, 0.1) is 10.1 Å². The second-order valence-electron chi connectivity index (χ2n) is 3.11. The van der Waals surface area contributed by atoms with Gasteiger partial charge in [-0.15, -0.1) is 10.2 Å². The zero-order chi connectivity index (χ0) is 13.1. The number of nitro benzene ring substituents is 1. The first-order valence-corrected chi connectivity index (χ1v) is 5.36. The van der Waals surface area contributed by atoms with Crippen molar-refractivity contribution < 1.29 is 9.72 Å². The van der Waals surface area contributed by atoms with Gasteiger partial charge < -0.3 is 5.32 Å². The van der Waals surface area contributed by atoms with Crippen LogP contribution >= 0.6 is 15.9 Å². The lowest BCUT2D eigenvalue weighted by molar-refractivity contribution is -0.384. The summed E-state index contributed by atoms with van der Waals surface area (Å²) in [6.07, 6.45) is 0. The van der Waals surface area contributed by atoms with Crippen molar-refractivity contribution >= 4 is 33.2 Å². The number of aromatic nitrogens is 4. The van der Waals surface area contributed by atoms with E-state index in [0.717, 1.165) is 0 Å². The highest BCUT2D eigenvalue weighted by atomic mass is 79.9. The minimum atomic E-state index is -0.686. The third-order valence-corrected chi connectivity index (χ3v) is 2.45. The Balaban J connectivity index is 2.29. The maximum absolute atomic E-state index is 11.6. The number of benzene rings is 1. The van der Waals surface area contributed by atoms with Gasteiger partial charge in [-0.25, -0.2) is 0 Å². The minimum absolute atomic E-state index is 0.0537. The number of hydrogen-bond acceptors (Lipinski definition) is 6. The molecule has 1 amide bonds. The summed E-state index contributed by atoms with van der Waals surface area (Å²) in [7, 11) is 0. The molecule has 0 bridgehead atoms. The van der Waals surface area contributed by atoms with E-state index in [1.165, 1.54) is 12.1 Å². The van der Waals surface area contributed by atoms with Gasteiger partial charge in [0.15, 0.2) is 0 Å². The molecule has 0 atom stereocenters. The first kappa shape index (κ1) is 12.1. The Hall–Kier alpha value is -2.36. The molecule has 10 heteroatoms. The van der Waals surface area contributed by atoms with Crippen molar-refractivity contribution in [3.8, 4) is 0 Å². The van der Waals surface area contributed by atoms with Crippen LogP contribution in [0.4, 0.5) is 11.4 Å². The van der Waals surface area contributed by atoms with Crippen molar-refractivity contribution in [2.24, 2.45) is 0 Å². The lowest BCUT2D eigenvalue weighted by atomic mass is 10.2. The highest BCUT2D eigenvalue weighted by molar-refractivity contribution is 9.10. The fourth-order valence-electron chi connectivity index (χ4n) is 1.20. The third kappa shape index (κ3) is 2.48. The van der Waals surface area contributed by atoms with Gasteiger partial charge in [-0.05, 0) is 17.3 Å². The summed E-state index contributed by atoms with van der Waals surface area (Å²) in [4.78, 5) is 21.8. The standard InChI is InChI=1S/C8H5BrN6O3/c9-4-1-2-5(6(3-4)15(17)18)10-8(16)7-11-13-14-12-7/h1-3H,(H,10,16)(H,11,12,13,14). The summed E-state index contributed by atoms with van der Waals surface area (Å²) in [5, 5.41) is 25.4. The fourth-order valence-corrected chi connectivity index (χ4v) is 1.55. The van der Waals surface area contributed by atoms with Crippen LogP contribution in [0.2, 0.25) is 0 Å². The number of nitrogens with zero attached hydrogens (tertiary/aromatic N) is 4. The number of halogens is 1. The van der Waals surface area contributed by atoms with Crippen LogP contribution in [0.15, 0.2) is 22.7 Å². The number of amides is 1. The first-order valence-electron chi connectivity index (χ1n) is 4.56. The predicted octanol–water partition coefficient (Wildman–Crippen LogP) is 1.12. The van der Waals surface area contributed by atoms with Gasteiger partial charge in [-0.1, -0.05) is 15.9 Å². The Labute approximate surface area is 108 Å². The SMILES string of the molecule is O=C(Nc1ccc(Br)cc1[N+](=O)[O-])c1nn[nH]n1. The Morgan fingerprint density at radius 3 is 2.89 bits per heavy atom. The number of hydrogen-bond donors (Lipinski definition) is 2. The van der Waals surface area contributed by atoms with Crippen LogP contribution < -0.4 is 5.32 Å². The van der Waals surface area contributed by atoms with Crippen LogP contribution in [-0.4, -0.2) is 31.5 Å². The average molecular weight is 313 g/mol. The molecule has 0 radical (unpaired) electrons. The van der Waals surface area contributed by atoms with Gasteiger partial charge in [0.2, 0.25) is 0 Å². The van der Waals surface area contributed by atoms with E-state index in [1.54, 1.807) is 6.07 Å². The van der Waals surface area contributed by atoms with E-state index in [9.17, 15) is 14.9 Å². The molecule has 0 spiro atoms. The molecule has 0 saturated carbocycles. The number of carbonyl (C=O) groups excluding carboxylic acids is 1. The maximum Gasteiger partial charge on any atom is 0.297 e. The summed E-state index contributed by atoms with van der Waals surface area (Å²) in [6, 6.07) is 4.25. The Kier molecular flexibility index (Phi) is 3.28. The van der Waals surface area contributed by atoms with Crippen LogP contribution in [0.3, 0.4) is 0 Å². The van der Waals surface area contributed by atoms with Crippen molar-refractivity contribution in [2.75, 3.05) is 5.32 Å². The first-order chi connectivity index (χ1) is 8.58. The van der Waals surface area contributed by atoms with Gasteiger partial charge in [0.05, 0.1) is 4.92 Å². The number of tetrazole rings is 1. The number of carbonyl (C=O) groups is 1. The highest BCUT2D eigenvalue weighted by Gasteiger charge is 2.18. The highest BCUT2D eigenvalue weighted by Crippen LogP contribution is 2.28. The zero-order valence-corrected chi connectivity index (χ0v) is 10.2. The van der Waals surface area contributed by atoms with Crippen LogP contribution in [0.1, 0.15) is 10.6 Å². The Bertz CT molecular complexity index is 599. The van der Waals surface area contributed by atoms with Gasteiger partial charge >= 0.3 is 0 Å². The Morgan fingerprint density at radius 2 is 2.28 bits per heavy atom. The number of H-pyrrole nitrogens is 1. The molecule has 0 aliphatic heterocycles. The molecule has 18 heavy (non-hydrogen) atoms. The van der Waals surface area contributed by atoms with E-state index in [-0.39, 0.29) is 17.2 Å². The molecule has 0 aliphatic rings. The van der Waals surface area contributed by atoms with Gasteiger partial charge in [0, 0.05) is 10.5 Å². The summed E-state index contributed by atoms with van der Waals surface area (Å²) in [5.74, 6) is -0.888. The molecule has 1 heterocycles. The lowest BCUT2D eigenvalue weighted by Gasteiger charge is -2.03. The molecule has 92 valence electrons. The van der Waals surface area contributed by atoms with E-state index in [4.69, 9.17) is 0 Å². The molecule has 1 aromatic heterocycles. The molecule has 1 aromatic carbocycles. The number of anilines is 1. The van der Waals surface area contributed by atoms with Crippen molar-refractivity contribution in [2.45, 2.75) is 0 Å². The molecule has 2 aromatic rings. The van der Waals surface area contributed by atoms with Crippen molar-refractivity contribution in [1.82, 2.24) is 20.6 Å². The molecular formula is C8H5BrN6O3. The second-order valence-corrected chi connectivity index (χ2v) is 4.02. The van der Waals surface area contributed by atoms with Gasteiger partial charge in [-0.2, -0.15) is 5.21 Å². The van der Waals surface area contributed by atoms with E-state index in [0.29, 0.717) is 4.47 Å². The number of aromatic amines is 1. The summed E-state index contributed by atoms with van der Waals surface area (Å²) >= 11 is 3.11. The summed E-state index contributed by atoms with van der Waals surface area (Å²) < 4.78 is 0.534. The monoisotopic (exact) mass is 312 g/mol. The molecule has 9 nitrogen and oxygen atoms in total. The summed E-state index contributed by atoms with van der Waals surface area (Å²) in [6.45, 7) is 0. The van der Waals surface area contributed by atoms with Crippen molar-refractivity contribution in [1.29, 1.82) is 0 Å². The molecule has 2 rings (SSSR count). The second kappa shape index (κ2) is 4.87. The largest absolute Gasteiger partial charge is 0.313 e. The topological polar surface area (TPSA) is 127 Å². The minimum Gasteiger partial charge on any atom is -0.313 e. The normalized spacial score (nSPS) is 10.1. The molecule has 2 N–H and O–H groups in total. The smallest absolute Gasteiger partial charge is 0.297 e. The zero-order valence-electron chi connectivity index (χ0n) is 8.62. The maximum atomic E-state index is 11.6. The van der Waals surface area contributed by atoms with Gasteiger partial charge in [0.25, 0.3) is 17.4 Å². The van der Waals surface area contributed by atoms with Crippen LogP contribution in [-0.2, 0) is 0 Å². The van der Waals surface area contributed by atoms with E-state index < -0.39 is 10.8 Å². The molecule has 0 aliphatic carbocycles. The molecular weight excluding hydrogens is 308 g/mol. The summed E-state index contributed by atoms with van der Waals surface area (Å²) in [5.41, 5.74) is -0.181. The van der Waals surface area contributed by atoms with Gasteiger partial charge in [-0.3, -0.25) is 14.9 Å². The van der Waals surface area contributed by atoms with E-state index in [1.807, 2.05) is 0 Å². The molecule has 0 fully saturated rings. The number of nitro groups is 1.